The largest absolute Gasteiger partial charge is 0.497 e. The zero-order valence-corrected chi connectivity index (χ0v) is 10.5. The standard InChI is InChI=1S/C16H17NO/c1-18-13-8-7-12-9-15(17)16(14(12)10-13)11-5-3-2-4-6-11/h2-8,10,15-16H,9,17H2,1H3/t15-,16-/m1/s1. The van der Waals surface area contributed by atoms with E-state index in [1.165, 1.54) is 16.7 Å². The summed E-state index contributed by atoms with van der Waals surface area (Å²) in [4.78, 5) is 0. The second kappa shape index (κ2) is 4.46. The van der Waals surface area contributed by atoms with Crippen molar-refractivity contribution in [2.45, 2.75) is 18.4 Å². The highest BCUT2D eigenvalue weighted by atomic mass is 16.5. The van der Waals surface area contributed by atoms with E-state index in [1.54, 1.807) is 7.11 Å². The van der Waals surface area contributed by atoms with Crippen molar-refractivity contribution in [3.8, 4) is 5.75 Å². The summed E-state index contributed by atoms with van der Waals surface area (Å²) in [5.74, 6) is 1.19. The van der Waals surface area contributed by atoms with E-state index in [-0.39, 0.29) is 12.0 Å². The fourth-order valence-corrected chi connectivity index (χ4v) is 2.86. The van der Waals surface area contributed by atoms with Gasteiger partial charge in [0.1, 0.15) is 5.75 Å². The van der Waals surface area contributed by atoms with Crippen molar-refractivity contribution in [2.24, 2.45) is 5.73 Å². The molecule has 2 heteroatoms. The lowest BCUT2D eigenvalue weighted by Crippen LogP contribution is -2.25. The first-order valence-electron chi connectivity index (χ1n) is 6.27. The fourth-order valence-electron chi connectivity index (χ4n) is 2.86. The van der Waals surface area contributed by atoms with E-state index in [9.17, 15) is 0 Å². The topological polar surface area (TPSA) is 35.2 Å². The van der Waals surface area contributed by atoms with Gasteiger partial charge >= 0.3 is 0 Å². The fraction of sp³-hybridized carbons (Fsp3) is 0.250. The molecule has 0 saturated carbocycles. The van der Waals surface area contributed by atoms with Gasteiger partial charge in [0, 0.05) is 12.0 Å². The number of fused-ring (bicyclic) bond motifs is 1. The molecule has 2 atom stereocenters. The Labute approximate surface area is 107 Å². The molecule has 0 aromatic heterocycles. The lowest BCUT2D eigenvalue weighted by Gasteiger charge is -2.17. The maximum absolute atomic E-state index is 6.31. The monoisotopic (exact) mass is 239 g/mol. The highest BCUT2D eigenvalue weighted by Gasteiger charge is 2.31. The SMILES string of the molecule is COc1ccc2c(c1)[C@@H](c1ccccc1)[C@H](N)C2. The lowest BCUT2D eigenvalue weighted by molar-refractivity contribution is 0.414. The van der Waals surface area contributed by atoms with Crippen LogP contribution in [0.4, 0.5) is 0 Å². The third-order valence-corrected chi connectivity index (χ3v) is 3.73. The van der Waals surface area contributed by atoms with Crippen LogP contribution in [-0.4, -0.2) is 13.2 Å². The molecular formula is C16H17NO. The molecule has 0 amide bonds. The van der Waals surface area contributed by atoms with E-state index in [4.69, 9.17) is 10.5 Å². The highest BCUT2D eigenvalue weighted by Crippen LogP contribution is 2.38. The van der Waals surface area contributed by atoms with Crippen molar-refractivity contribution < 1.29 is 4.74 Å². The molecule has 3 rings (SSSR count). The van der Waals surface area contributed by atoms with Gasteiger partial charge in [-0.25, -0.2) is 0 Å². The molecule has 0 fully saturated rings. The van der Waals surface area contributed by atoms with Gasteiger partial charge in [-0.15, -0.1) is 0 Å². The molecule has 92 valence electrons. The first-order valence-corrected chi connectivity index (χ1v) is 6.27. The van der Waals surface area contributed by atoms with E-state index < -0.39 is 0 Å². The molecular weight excluding hydrogens is 222 g/mol. The van der Waals surface area contributed by atoms with E-state index in [0.717, 1.165) is 12.2 Å². The van der Waals surface area contributed by atoms with Gasteiger partial charge in [-0.2, -0.15) is 0 Å². The van der Waals surface area contributed by atoms with Gasteiger partial charge in [0.25, 0.3) is 0 Å². The average Bonchev–Trinajstić information content (AvgIpc) is 2.74. The summed E-state index contributed by atoms with van der Waals surface area (Å²) in [5.41, 5.74) is 10.3. The van der Waals surface area contributed by atoms with Gasteiger partial charge in [0.15, 0.2) is 0 Å². The van der Waals surface area contributed by atoms with Gasteiger partial charge in [0.05, 0.1) is 7.11 Å². The maximum Gasteiger partial charge on any atom is 0.119 e. The minimum absolute atomic E-state index is 0.162. The van der Waals surface area contributed by atoms with E-state index in [2.05, 4.69) is 36.4 Å². The first-order chi connectivity index (χ1) is 8.79. The molecule has 2 aromatic rings. The summed E-state index contributed by atoms with van der Waals surface area (Å²) in [5, 5.41) is 0. The smallest absolute Gasteiger partial charge is 0.119 e. The molecule has 2 N–H and O–H groups in total. The van der Waals surface area contributed by atoms with Crippen LogP contribution in [0.1, 0.15) is 22.6 Å². The Morgan fingerprint density at radius 3 is 2.61 bits per heavy atom. The number of rotatable bonds is 2. The van der Waals surface area contributed by atoms with Gasteiger partial charge in [0.2, 0.25) is 0 Å². The van der Waals surface area contributed by atoms with Crippen LogP contribution in [0.5, 0.6) is 5.75 Å². The molecule has 2 aromatic carbocycles. The van der Waals surface area contributed by atoms with E-state index in [1.807, 2.05) is 12.1 Å². The third kappa shape index (κ3) is 1.79. The van der Waals surface area contributed by atoms with Crippen molar-refractivity contribution in [1.29, 1.82) is 0 Å². The van der Waals surface area contributed by atoms with Crippen molar-refractivity contribution in [2.75, 3.05) is 7.11 Å². The van der Waals surface area contributed by atoms with Crippen LogP contribution >= 0.6 is 0 Å². The Morgan fingerprint density at radius 2 is 1.89 bits per heavy atom. The Bertz CT molecular complexity index is 550. The molecule has 0 heterocycles. The summed E-state index contributed by atoms with van der Waals surface area (Å²) in [6, 6.07) is 16.9. The molecule has 0 bridgehead atoms. The molecule has 2 nitrogen and oxygen atoms in total. The summed E-state index contributed by atoms with van der Waals surface area (Å²) in [7, 11) is 1.70. The zero-order chi connectivity index (χ0) is 12.5. The minimum atomic E-state index is 0.162. The Kier molecular flexibility index (Phi) is 2.80. The first kappa shape index (κ1) is 11.3. The average molecular weight is 239 g/mol. The maximum atomic E-state index is 6.31. The molecule has 1 aliphatic rings. The predicted molar refractivity (Wildman–Crippen MR) is 73.0 cm³/mol. The minimum Gasteiger partial charge on any atom is -0.497 e. The van der Waals surface area contributed by atoms with Crippen molar-refractivity contribution >= 4 is 0 Å². The lowest BCUT2D eigenvalue weighted by atomic mass is 9.90. The number of ether oxygens (including phenoxy) is 1. The Balaban J connectivity index is 2.08. The summed E-state index contributed by atoms with van der Waals surface area (Å²) < 4.78 is 5.32. The predicted octanol–water partition coefficient (Wildman–Crippen LogP) is 2.71. The van der Waals surface area contributed by atoms with Gasteiger partial charge in [-0.3, -0.25) is 0 Å². The Hall–Kier alpha value is -1.80. The molecule has 1 aliphatic carbocycles. The summed E-state index contributed by atoms with van der Waals surface area (Å²) >= 11 is 0. The third-order valence-electron chi connectivity index (χ3n) is 3.73. The number of methoxy groups -OCH3 is 1. The molecule has 0 radical (unpaired) electrons. The van der Waals surface area contributed by atoms with Crippen molar-refractivity contribution in [3.63, 3.8) is 0 Å². The van der Waals surface area contributed by atoms with Crippen LogP contribution in [0.15, 0.2) is 48.5 Å². The van der Waals surface area contributed by atoms with Crippen molar-refractivity contribution in [3.05, 3.63) is 65.2 Å². The molecule has 0 spiro atoms. The molecule has 0 saturated heterocycles. The Morgan fingerprint density at radius 1 is 1.11 bits per heavy atom. The summed E-state index contributed by atoms with van der Waals surface area (Å²) in [6.07, 6.45) is 0.943. The van der Waals surface area contributed by atoms with Crippen LogP contribution in [-0.2, 0) is 6.42 Å². The van der Waals surface area contributed by atoms with Crippen LogP contribution in [0.2, 0.25) is 0 Å². The molecule has 18 heavy (non-hydrogen) atoms. The second-order valence-electron chi connectivity index (χ2n) is 4.82. The van der Waals surface area contributed by atoms with Gasteiger partial charge < -0.3 is 10.5 Å². The highest BCUT2D eigenvalue weighted by molar-refractivity contribution is 5.48. The molecule has 0 unspecified atom stereocenters. The van der Waals surface area contributed by atoms with Crippen LogP contribution < -0.4 is 10.5 Å². The molecule has 0 aliphatic heterocycles. The van der Waals surface area contributed by atoms with E-state index >= 15 is 0 Å². The van der Waals surface area contributed by atoms with E-state index in [0.29, 0.717) is 0 Å². The van der Waals surface area contributed by atoms with Crippen LogP contribution in [0.3, 0.4) is 0 Å². The number of benzene rings is 2. The number of hydrogen-bond donors (Lipinski definition) is 1. The van der Waals surface area contributed by atoms with Gasteiger partial charge in [-0.1, -0.05) is 36.4 Å². The van der Waals surface area contributed by atoms with Gasteiger partial charge in [-0.05, 0) is 35.2 Å². The number of hydrogen-bond acceptors (Lipinski definition) is 2. The quantitative estimate of drug-likeness (QED) is 0.874. The van der Waals surface area contributed by atoms with Crippen molar-refractivity contribution in [1.82, 2.24) is 0 Å². The summed E-state index contributed by atoms with van der Waals surface area (Å²) in [6.45, 7) is 0. The zero-order valence-electron chi connectivity index (χ0n) is 10.5. The van der Waals surface area contributed by atoms with Crippen LogP contribution in [0, 0.1) is 0 Å². The normalized spacial score (nSPS) is 21.7. The van der Waals surface area contributed by atoms with Crippen LogP contribution in [0.25, 0.3) is 0 Å². The number of nitrogens with two attached hydrogens (primary N) is 1. The second-order valence-corrected chi connectivity index (χ2v) is 4.82.